The van der Waals surface area contributed by atoms with Crippen LogP contribution in [-0.2, 0) is 4.79 Å². The Morgan fingerprint density at radius 3 is 2.33 bits per heavy atom. The lowest BCUT2D eigenvalue weighted by Gasteiger charge is -2.48. The lowest BCUT2D eigenvalue weighted by molar-refractivity contribution is -0.117. The van der Waals surface area contributed by atoms with E-state index in [9.17, 15) is 14.4 Å². The van der Waals surface area contributed by atoms with Crippen molar-refractivity contribution >= 4 is 17.6 Å². The Morgan fingerprint density at radius 2 is 1.71 bits per heavy atom. The first-order valence-electron chi connectivity index (χ1n) is 8.62. The first-order valence-corrected chi connectivity index (χ1v) is 8.62. The summed E-state index contributed by atoms with van der Waals surface area (Å²) < 4.78 is 0. The number of nitrogens with zero attached hydrogens (tertiary/aromatic N) is 1. The van der Waals surface area contributed by atoms with Gasteiger partial charge in [-0.15, -0.1) is 0 Å². The summed E-state index contributed by atoms with van der Waals surface area (Å²) in [6.07, 6.45) is 4.63. The number of amides is 2. The molecule has 1 aromatic carbocycles. The zero-order chi connectivity index (χ0) is 17.1. The van der Waals surface area contributed by atoms with Gasteiger partial charge < -0.3 is 0 Å². The highest BCUT2D eigenvalue weighted by Crippen LogP contribution is 2.51. The number of benzene rings is 1. The molecule has 2 aliphatic carbocycles. The first kappa shape index (κ1) is 15.3. The molecule has 1 aliphatic heterocycles. The van der Waals surface area contributed by atoms with Crippen LogP contribution in [-0.4, -0.2) is 28.5 Å². The minimum absolute atomic E-state index is 0.0878. The van der Waals surface area contributed by atoms with Crippen LogP contribution in [0.2, 0.25) is 0 Å². The highest BCUT2D eigenvalue weighted by atomic mass is 16.2. The summed E-state index contributed by atoms with van der Waals surface area (Å²) >= 11 is 0. The third-order valence-corrected chi connectivity index (χ3v) is 6.26. The number of carbonyl (C=O) groups is 3. The molecule has 3 atom stereocenters. The second-order valence-electron chi connectivity index (χ2n) is 7.58. The van der Waals surface area contributed by atoms with Gasteiger partial charge in [0, 0.05) is 12.5 Å². The predicted octanol–water partition coefficient (Wildman–Crippen LogP) is 3.38. The van der Waals surface area contributed by atoms with Gasteiger partial charge in [0.2, 0.25) is 0 Å². The fourth-order valence-corrected chi connectivity index (χ4v) is 4.63. The first-order chi connectivity index (χ1) is 11.4. The molecule has 0 spiro atoms. The summed E-state index contributed by atoms with van der Waals surface area (Å²) in [5, 5.41) is 0. The van der Waals surface area contributed by atoms with Gasteiger partial charge in [-0.05, 0) is 48.8 Å². The highest BCUT2D eigenvalue weighted by molar-refractivity contribution is 6.21. The van der Waals surface area contributed by atoms with Crippen LogP contribution in [0.1, 0.15) is 60.2 Å². The summed E-state index contributed by atoms with van der Waals surface area (Å²) in [5.41, 5.74) is 2.12. The van der Waals surface area contributed by atoms with E-state index in [4.69, 9.17) is 0 Å². The third-order valence-electron chi connectivity index (χ3n) is 6.26. The molecule has 4 nitrogen and oxygen atoms in total. The molecule has 0 N–H and O–H groups in total. The molecule has 4 rings (SSSR count). The molecule has 0 bridgehead atoms. The van der Waals surface area contributed by atoms with Crippen LogP contribution >= 0.6 is 0 Å². The summed E-state index contributed by atoms with van der Waals surface area (Å²) in [4.78, 5) is 38.8. The van der Waals surface area contributed by atoms with Gasteiger partial charge in [0.15, 0.2) is 5.78 Å². The van der Waals surface area contributed by atoms with Gasteiger partial charge in [-0.3, -0.25) is 19.3 Å². The van der Waals surface area contributed by atoms with Crippen LogP contribution in [0.25, 0.3) is 0 Å². The van der Waals surface area contributed by atoms with Crippen molar-refractivity contribution in [2.75, 3.05) is 0 Å². The fraction of sp³-hybridized carbons (Fsp3) is 0.450. The lowest BCUT2D eigenvalue weighted by atomic mass is 9.59. The Bertz CT molecular complexity index is 759. The largest absolute Gasteiger partial charge is 0.295 e. The molecule has 0 saturated heterocycles. The van der Waals surface area contributed by atoms with Crippen LogP contribution in [0.15, 0.2) is 35.9 Å². The van der Waals surface area contributed by atoms with E-state index in [2.05, 4.69) is 13.8 Å². The molecule has 1 saturated carbocycles. The van der Waals surface area contributed by atoms with Crippen molar-refractivity contribution in [1.82, 2.24) is 4.90 Å². The van der Waals surface area contributed by atoms with Crippen molar-refractivity contribution in [3.05, 3.63) is 47.0 Å². The third kappa shape index (κ3) is 2.02. The fourth-order valence-electron chi connectivity index (χ4n) is 4.63. The van der Waals surface area contributed by atoms with Crippen LogP contribution < -0.4 is 0 Å². The number of rotatable bonds is 1. The van der Waals surface area contributed by atoms with Crippen molar-refractivity contribution in [3.8, 4) is 0 Å². The Balaban J connectivity index is 1.66. The van der Waals surface area contributed by atoms with Crippen LogP contribution in [0, 0.1) is 11.3 Å². The van der Waals surface area contributed by atoms with E-state index >= 15 is 0 Å². The Morgan fingerprint density at radius 1 is 1.08 bits per heavy atom. The van der Waals surface area contributed by atoms with Crippen LogP contribution in [0.5, 0.6) is 0 Å². The van der Waals surface area contributed by atoms with Gasteiger partial charge in [-0.1, -0.05) is 31.6 Å². The minimum Gasteiger partial charge on any atom is -0.295 e. The normalized spacial score (nSPS) is 32.5. The zero-order valence-corrected chi connectivity index (χ0v) is 14.0. The lowest BCUT2D eigenvalue weighted by Crippen LogP contribution is -2.48. The number of hydrogen-bond donors (Lipinski definition) is 0. The summed E-state index contributed by atoms with van der Waals surface area (Å²) in [6.45, 7) is 4.29. The Hall–Kier alpha value is -2.23. The predicted molar refractivity (Wildman–Crippen MR) is 89.6 cm³/mol. The van der Waals surface area contributed by atoms with E-state index in [0.29, 0.717) is 17.5 Å². The molecule has 3 aliphatic rings. The number of ketones is 1. The van der Waals surface area contributed by atoms with Gasteiger partial charge in [-0.25, -0.2) is 0 Å². The van der Waals surface area contributed by atoms with E-state index in [0.717, 1.165) is 19.3 Å². The molecule has 24 heavy (non-hydrogen) atoms. The van der Waals surface area contributed by atoms with E-state index in [1.165, 1.54) is 10.5 Å². The zero-order valence-electron chi connectivity index (χ0n) is 14.0. The van der Waals surface area contributed by atoms with Gasteiger partial charge >= 0.3 is 0 Å². The molecular weight excluding hydrogens is 302 g/mol. The monoisotopic (exact) mass is 323 g/mol. The molecule has 0 radical (unpaired) electrons. The van der Waals surface area contributed by atoms with E-state index in [1.807, 2.05) is 0 Å². The standard InChI is InChI=1S/C20H21NO3/c1-12-9-15(22)10-13-7-8-14(11-20(12,13)2)21-18(23)16-5-3-4-6-17(16)19(21)24/h3-6,10,12,14H,7-9,11H2,1-2H3/t12-,14?,20?/m1/s1. The van der Waals surface area contributed by atoms with Crippen molar-refractivity contribution in [2.45, 2.75) is 45.6 Å². The van der Waals surface area contributed by atoms with Crippen molar-refractivity contribution in [1.29, 1.82) is 0 Å². The highest BCUT2D eigenvalue weighted by Gasteiger charge is 2.48. The summed E-state index contributed by atoms with van der Waals surface area (Å²) in [7, 11) is 0. The second kappa shape index (κ2) is 5.13. The van der Waals surface area contributed by atoms with E-state index in [-0.39, 0.29) is 35.0 Å². The van der Waals surface area contributed by atoms with Gasteiger partial charge in [-0.2, -0.15) is 0 Å². The van der Waals surface area contributed by atoms with E-state index < -0.39 is 0 Å². The molecule has 2 unspecified atom stereocenters. The number of fused-ring (bicyclic) bond motifs is 2. The van der Waals surface area contributed by atoms with Gasteiger partial charge in [0.05, 0.1) is 11.1 Å². The average molecular weight is 323 g/mol. The van der Waals surface area contributed by atoms with Crippen LogP contribution in [0.4, 0.5) is 0 Å². The van der Waals surface area contributed by atoms with E-state index in [1.54, 1.807) is 30.3 Å². The van der Waals surface area contributed by atoms with Crippen molar-refractivity contribution in [2.24, 2.45) is 11.3 Å². The molecule has 124 valence electrons. The summed E-state index contributed by atoms with van der Waals surface area (Å²) in [6, 6.07) is 6.97. The topological polar surface area (TPSA) is 54.5 Å². The van der Waals surface area contributed by atoms with Gasteiger partial charge in [0.1, 0.15) is 0 Å². The maximum atomic E-state index is 12.7. The molecule has 0 aromatic heterocycles. The number of carbonyl (C=O) groups excluding carboxylic acids is 3. The number of hydrogen-bond acceptors (Lipinski definition) is 3. The quantitative estimate of drug-likeness (QED) is 0.745. The SMILES string of the molecule is C[C@@H]1CC(=O)C=C2CCC(N3C(=O)c4ccccc4C3=O)CC21C. The Labute approximate surface area is 141 Å². The molecule has 2 amide bonds. The average Bonchev–Trinajstić information content (AvgIpc) is 2.80. The second-order valence-corrected chi connectivity index (χ2v) is 7.58. The molecule has 1 heterocycles. The smallest absolute Gasteiger partial charge is 0.261 e. The molecular formula is C20H21NO3. The maximum Gasteiger partial charge on any atom is 0.261 e. The van der Waals surface area contributed by atoms with Crippen molar-refractivity contribution < 1.29 is 14.4 Å². The minimum atomic E-state index is -0.170. The van der Waals surface area contributed by atoms with Crippen LogP contribution in [0.3, 0.4) is 0 Å². The molecule has 1 aromatic rings. The Kier molecular flexibility index (Phi) is 3.27. The molecule has 1 fully saturated rings. The molecule has 4 heteroatoms. The summed E-state index contributed by atoms with van der Waals surface area (Å²) in [5.74, 6) is 0.101. The number of allylic oxidation sites excluding steroid dienone is 2. The van der Waals surface area contributed by atoms with Gasteiger partial charge in [0.25, 0.3) is 11.8 Å². The maximum absolute atomic E-state index is 12.7. The van der Waals surface area contributed by atoms with Crippen molar-refractivity contribution in [3.63, 3.8) is 0 Å². The number of imide groups is 1.